The van der Waals surface area contributed by atoms with Crippen LogP contribution in [0.5, 0.6) is 0 Å². The van der Waals surface area contributed by atoms with Crippen LogP contribution in [-0.4, -0.2) is 302 Å². The zero-order valence-corrected chi connectivity index (χ0v) is 76.1. The molecule has 2 fully saturated rings. The Morgan fingerprint density at radius 2 is 1.15 bits per heavy atom. The first-order chi connectivity index (χ1) is 61.8. The Morgan fingerprint density at radius 3 is 1.80 bits per heavy atom. The maximum absolute atomic E-state index is 15.6. The molecule has 41 nitrogen and oxygen atoms in total. The van der Waals surface area contributed by atoms with Gasteiger partial charge >= 0.3 is 0 Å². The number of amides is 17. The molecule has 0 aliphatic carbocycles. The van der Waals surface area contributed by atoms with E-state index in [-0.39, 0.29) is 89.6 Å². The lowest BCUT2D eigenvalue weighted by Crippen LogP contribution is -2.61. The Kier molecular flexibility index (Phi) is 41.0. The number of aliphatic hydroxyl groups excluding tert-OH is 1. The van der Waals surface area contributed by atoms with Crippen LogP contribution >= 0.6 is 11.8 Å². The molecule has 0 unspecified atom stereocenters. The molecule has 4 heterocycles. The van der Waals surface area contributed by atoms with E-state index in [9.17, 15) is 72.2 Å². The van der Waals surface area contributed by atoms with E-state index in [2.05, 4.69) is 73.4 Å². The minimum absolute atomic E-state index is 0.000179. The number of carbonyl (C=O) groups excluding carboxylic acids is 17. The molecule has 0 bridgehead atoms. The Hall–Kier alpha value is -13.0. The molecule has 2 saturated heterocycles. The van der Waals surface area contributed by atoms with Gasteiger partial charge in [-0.1, -0.05) is 132 Å². The Bertz CT molecular complexity index is 4790. The third-order valence-electron chi connectivity index (χ3n) is 22.6. The number of para-hydroxylation sites is 1. The number of fused-ring (bicyclic) bond motifs is 2. The van der Waals surface area contributed by atoms with Gasteiger partial charge < -0.3 is 115 Å². The van der Waals surface area contributed by atoms with Crippen LogP contribution in [-0.2, 0) is 107 Å². The van der Waals surface area contributed by atoms with Crippen molar-refractivity contribution >= 4 is 129 Å². The molecule has 17 amide bonds. The van der Waals surface area contributed by atoms with E-state index in [0.717, 1.165) is 41.8 Å². The fourth-order valence-corrected chi connectivity index (χ4v) is 16.2. The van der Waals surface area contributed by atoms with Gasteiger partial charge in [0, 0.05) is 102 Å². The van der Waals surface area contributed by atoms with Gasteiger partial charge in [-0.2, -0.15) is 0 Å². The van der Waals surface area contributed by atoms with Crippen LogP contribution in [0, 0.1) is 18.3 Å². The molecule has 0 spiro atoms. The number of nitrogens with two attached hydrogens (primary N) is 3. The second-order valence-electron chi connectivity index (χ2n) is 33.3. The normalized spacial score (nSPS) is 23.6. The number of hydrogen-bond acceptors (Lipinski definition) is 21. The van der Waals surface area contributed by atoms with E-state index < -0.39 is 223 Å². The highest BCUT2D eigenvalue weighted by atomic mass is 32.2. The van der Waals surface area contributed by atoms with Gasteiger partial charge in [-0.25, -0.2) is 4.98 Å². The molecule has 13 atom stereocenters. The standard InChI is InChI=1S/C88H127N23O18S/c1-11-13-30-68-81(123)100-59(29-21-33-94-88(91)92)77(119)106-67(76(118)96-44-72(90)114)47-130-48-74(116)99-63(37-53-24-16-15-17-25-53)84(126)108(8)52(6)75(117)102-65(41-71(89)113)86(128)111-34-22-32-69(111)82(124)101-61(40-56-43-93-49-97-56)79(121)103-62(35-50(3)4)83(125)107(7)45-73(115)98-60(38-54-26-20-23-51(5)36-54)78(120)105-66(46-112)80(122)104-64(39-55-42-95-58-28-19-18-27-57(55)58)85(127)110(10)70(31-14-12-2)87(129)109(68)9/h15-20,23-28,36,42-43,49-50,52,59-70,95,112H,11-14,21-22,29-35,37-41,44-48H2,1-10H3,(H2,89,113)(H2,90,114)(H,93,97)(H,96,118)(H,98,115)(H,99,116)(H,100,123)(H,101,124)(H,102,117)(H,103,121)(H,104,122)(H,105,120)(H,106,119)(H4,91,92,94)/t52-,59-,60-,61-,62-,63-,64-,65-,66-,67-,68-,69-,70-/m0/s1. The molecule has 3 aromatic carbocycles. The Labute approximate surface area is 759 Å². The summed E-state index contributed by atoms with van der Waals surface area (Å²) in [4.78, 5) is 263. The number of nitrogens with zero attached hydrogens (tertiary/aromatic N) is 6. The Morgan fingerprint density at radius 1 is 0.569 bits per heavy atom. The van der Waals surface area contributed by atoms with Crippen molar-refractivity contribution in [3.8, 4) is 0 Å². The molecular formula is C88H127N23O18S. The van der Waals surface area contributed by atoms with Crippen molar-refractivity contribution in [2.24, 2.45) is 23.1 Å². The van der Waals surface area contributed by atoms with Crippen molar-refractivity contribution in [1.82, 2.24) is 97.9 Å². The highest BCUT2D eigenvalue weighted by Gasteiger charge is 2.44. The quantitative estimate of drug-likeness (QED) is 0.0157. The topological polar surface area (TPSA) is 605 Å². The molecule has 2 aromatic heterocycles. The first kappa shape index (κ1) is 104. The Balaban J connectivity index is 1.30. The summed E-state index contributed by atoms with van der Waals surface area (Å²) in [5.41, 5.74) is 20.2. The van der Waals surface area contributed by atoms with Gasteiger partial charge in [0.2, 0.25) is 100 Å². The summed E-state index contributed by atoms with van der Waals surface area (Å²) < 4.78 is 0. The predicted molar refractivity (Wildman–Crippen MR) is 483 cm³/mol. The van der Waals surface area contributed by atoms with Crippen LogP contribution in [0.3, 0.4) is 0 Å². The number of likely N-dealkylation sites (N-methyl/N-ethyl adjacent to an activating group) is 4. The number of guanidine groups is 1. The van der Waals surface area contributed by atoms with Gasteiger partial charge in [0.25, 0.3) is 0 Å². The number of rotatable bonds is 26. The minimum atomic E-state index is -1.83. The fourth-order valence-electron chi connectivity index (χ4n) is 15.4. The van der Waals surface area contributed by atoms with Crippen LogP contribution in [0.25, 0.3) is 10.9 Å². The molecule has 21 N–H and O–H groups in total. The molecule has 7 rings (SSSR count). The number of aliphatic hydroxyl groups is 1. The number of nitrogens with one attached hydrogen (secondary N) is 14. The number of primary amides is 2. The number of unbranched alkanes of at least 4 members (excludes halogenated alkanes) is 2. The van der Waals surface area contributed by atoms with Gasteiger partial charge in [-0.15, -0.1) is 11.8 Å². The van der Waals surface area contributed by atoms with Crippen molar-refractivity contribution < 1.29 is 86.6 Å². The monoisotopic (exact) mass is 1830 g/mol. The average molecular weight is 1830 g/mol. The minimum Gasteiger partial charge on any atom is -0.394 e. The van der Waals surface area contributed by atoms with Crippen molar-refractivity contribution in [3.05, 3.63) is 126 Å². The molecule has 2 aliphatic rings. The zero-order chi connectivity index (χ0) is 95.6. The van der Waals surface area contributed by atoms with Gasteiger partial charge in [0.05, 0.1) is 38.2 Å². The van der Waals surface area contributed by atoms with E-state index in [1.54, 1.807) is 106 Å². The summed E-state index contributed by atoms with van der Waals surface area (Å²) >= 11 is 0.796. The van der Waals surface area contributed by atoms with Crippen molar-refractivity contribution in [3.63, 3.8) is 0 Å². The lowest BCUT2D eigenvalue weighted by molar-refractivity contribution is -0.149. The fraction of sp³-hybridized carbons (Fsp3) is 0.534. The first-order valence-electron chi connectivity index (χ1n) is 43.6. The summed E-state index contributed by atoms with van der Waals surface area (Å²) in [5, 5.41) is 48.6. The number of aromatic amines is 2. The highest BCUT2D eigenvalue weighted by Crippen LogP contribution is 2.25. The SMILES string of the molecule is CCCC[C@H]1C(=O)N(C)[C@@H](CCCC)C(=O)N[C@@H](CCCNC(=N)N)C(=O)N[C@H](C(=O)NCC(N)=O)CSCC(=O)N[C@@H](Cc2ccccc2)C(=O)N(C)[C@@H](C)C(=O)N[C@@H](CC(N)=O)C(=O)N2CCC[C@H]2C(=O)N[C@@H](Cc2cnc[nH]2)C(=O)N[C@@H](CC(C)C)C(=O)N(C)CC(=O)N[C@@H](Cc2cccc(C)c2)C(=O)N[C@@H](CO)C(=O)N[C@@H](Cc2c[nH]c3ccccc23)C(=O)N1C. The molecule has 0 saturated carbocycles. The average Bonchev–Trinajstić information content (AvgIpc) is 1.79. The molecule has 130 heavy (non-hydrogen) atoms. The predicted octanol–water partition coefficient (Wildman–Crippen LogP) is -2.31. The van der Waals surface area contributed by atoms with E-state index in [1.165, 1.54) is 47.6 Å². The number of thioether (sulfide) groups is 1. The molecule has 708 valence electrons. The smallest absolute Gasteiger partial charge is 0.246 e. The number of benzene rings is 3. The lowest BCUT2D eigenvalue weighted by atomic mass is 10.00. The second kappa shape index (κ2) is 51.2. The third kappa shape index (κ3) is 31.4. The molecule has 0 radical (unpaired) electrons. The number of aromatic nitrogens is 3. The summed E-state index contributed by atoms with van der Waals surface area (Å²) in [6.45, 7) is 7.76. The van der Waals surface area contributed by atoms with E-state index in [4.69, 9.17) is 22.6 Å². The summed E-state index contributed by atoms with van der Waals surface area (Å²) in [6.07, 6.45) is 4.49. The maximum Gasteiger partial charge on any atom is 0.246 e. The number of carbonyl (C=O) groups is 17. The van der Waals surface area contributed by atoms with E-state index in [0.29, 0.717) is 59.0 Å². The summed E-state index contributed by atoms with van der Waals surface area (Å²) in [5.74, 6) is -17.0. The van der Waals surface area contributed by atoms with Crippen LogP contribution in [0.4, 0.5) is 0 Å². The van der Waals surface area contributed by atoms with Crippen LogP contribution in [0.2, 0.25) is 0 Å². The zero-order valence-electron chi connectivity index (χ0n) is 75.3. The molecular weight excluding hydrogens is 1700 g/mol. The van der Waals surface area contributed by atoms with Gasteiger partial charge in [-0.3, -0.25) is 86.9 Å². The van der Waals surface area contributed by atoms with E-state index >= 15 is 14.4 Å². The van der Waals surface area contributed by atoms with Crippen LogP contribution < -0.4 is 75.7 Å². The molecule has 5 aromatic rings. The second-order valence-corrected chi connectivity index (χ2v) is 34.3. The van der Waals surface area contributed by atoms with Gasteiger partial charge in [-0.05, 0) is 87.5 Å². The largest absolute Gasteiger partial charge is 0.394 e. The third-order valence-corrected chi connectivity index (χ3v) is 23.6. The number of aryl methyl sites for hydroxylation is 1. The summed E-state index contributed by atoms with van der Waals surface area (Å²) in [6, 6.07) is 2.90. The van der Waals surface area contributed by atoms with Crippen molar-refractivity contribution in [2.75, 3.05) is 72.5 Å². The van der Waals surface area contributed by atoms with Crippen LogP contribution in [0.15, 0.2) is 97.6 Å². The first-order valence-corrected chi connectivity index (χ1v) is 44.8. The lowest BCUT2D eigenvalue weighted by Gasteiger charge is -2.36. The van der Waals surface area contributed by atoms with Gasteiger partial charge in [0.15, 0.2) is 5.96 Å². The number of hydrogen-bond donors (Lipinski definition) is 18. The van der Waals surface area contributed by atoms with Crippen molar-refractivity contribution in [2.45, 2.75) is 223 Å². The number of H-pyrrole nitrogens is 2. The van der Waals surface area contributed by atoms with Crippen molar-refractivity contribution in [1.29, 1.82) is 5.41 Å². The highest BCUT2D eigenvalue weighted by molar-refractivity contribution is 8.00. The molecule has 42 heteroatoms. The maximum atomic E-state index is 15.6. The number of imidazole rings is 1. The summed E-state index contributed by atoms with van der Waals surface area (Å²) in [7, 11) is 5.25. The van der Waals surface area contributed by atoms with E-state index in [1.807, 2.05) is 13.8 Å². The molecule has 2 aliphatic heterocycles. The van der Waals surface area contributed by atoms with Crippen LogP contribution in [0.1, 0.15) is 140 Å². The van der Waals surface area contributed by atoms with Gasteiger partial charge in [0.1, 0.15) is 78.5 Å².